The molecule has 5 nitrogen and oxygen atoms in total. The molecule has 0 fully saturated rings. The Hall–Kier alpha value is -1.88. The van der Waals surface area contributed by atoms with Crippen LogP contribution in [0.25, 0.3) is 0 Å². The molecule has 0 aromatic heterocycles. The number of carbonyl (C=O) groups excluding carboxylic acids is 1. The van der Waals surface area contributed by atoms with Crippen molar-refractivity contribution in [3.63, 3.8) is 0 Å². The van der Waals surface area contributed by atoms with Gasteiger partial charge in [0, 0.05) is 5.69 Å². The van der Waals surface area contributed by atoms with E-state index in [1.165, 1.54) is 6.92 Å². The average Bonchev–Trinajstić information content (AvgIpc) is 2.38. The summed E-state index contributed by atoms with van der Waals surface area (Å²) in [7, 11) is 0. The lowest BCUT2D eigenvalue weighted by Gasteiger charge is -2.14. The van der Waals surface area contributed by atoms with Gasteiger partial charge in [-0.3, -0.25) is 4.79 Å². The molecular formula is C14H19NO4. The first-order valence-corrected chi connectivity index (χ1v) is 6.18. The van der Waals surface area contributed by atoms with Crippen LogP contribution < -0.4 is 5.32 Å². The van der Waals surface area contributed by atoms with E-state index in [9.17, 15) is 9.59 Å². The normalized spacial score (nSPS) is 11.9. The van der Waals surface area contributed by atoms with Gasteiger partial charge in [-0.25, -0.2) is 4.79 Å². The average molecular weight is 265 g/mol. The summed E-state index contributed by atoms with van der Waals surface area (Å²) in [5, 5.41) is 11.4. The first kappa shape index (κ1) is 15.2. The molecule has 0 aliphatic carbocycles. The summed E-state index contributed by atoms with van der Waals surface area (Å²) in [5.41, 5.74) is 2.79. The summed E-state index contributed by atoms with van der Waals surface area (Å²) < 4.78 is 4.94. The molecule has 104 valence electrons. The van der Waals surface area contributed by atoms with E-state index in [1.807, 2.05) is 32.0 Å². The van der Waals surface area contributed by atoms with Crippen LogP contribution in [-0.4, -0.2) is 29.7 Å². The molecule has 0 unspecified atom stereocenters. The SMILES string of the molecule is CCc1cccc(C)c1NC(=O)CO[C@@H](C)C(=O)O. The molecule has 1 rings (SSSR count). The van der Waals surface area contributed by atoms with Crippen molar-refractivity contribution in [3.8, 4) is 0 Å². The third-order valence-electron chi connectivity index (χ3n) is 2.82. The molecule has 0 bridgehead atoms. The van der Waals surface area contributed by atoms with Gasteiger partial charge < -0.3 is 15.2 Å². The molecule has 0 radical (unpaired) electrons. The summed E-state index contributed by atoms with van der Waals surface area (Å²) in [4.78, 5) is 22.3. The van der Waals surface area contributed by atoms with Gasteiger partial charge in [0.1, 0.15) is 6.61 Å². The van der Waals surface area contributed by atoms with Gasteiger partial charge in [-0.15, -0.1) is 0 Å². The van der Waals surface area contributed by atoms with Crippen LogP contribution in [0.15, 0.2) is 18.2 Å². The predicted molar refractivity (Wildman–Crippen MR) is 72.2 cm³/mol. The summed E-state index contributed by atoms with van der Waals surface area (Å²) in [5.74, 6) is -1.44. The number of carboxylic acid groups (broad SMARTS) is 1. The molecule has 1 aromatic carbocycles. The number of hydrogen-bond acceptors (Lipinski definition) is 3. The van der Waals surface area contributed by atoms with Crippen molar-refractivity contribution in [3.05, 3.63) is 29.3 Å². The van der Waals surface area contributed by atoms with E-state index in [1.54, 1.807) is 0 Å². The molecule has 1 atom stereocenters. The highest BCUT2D eigenvalue weighted by Crippen LogP contribution is 2.20. The molecule has 5 heteroatoms. The Bertz CT molecular complexity index is 471. The number of carboxylic acids is 1. The first-order valence-electron chi connectivity index (χ1n) is 6.18. The Labute approximate surface area is 112 Å². The zero-order valence-electron chi connectivity index (χ0n) is 11.4. The Morgan fingerprint density at radius 1 is 1.42 bits per heavy atom. The molecule has 0 aliphatic heterocycles. The quantitative estimate of drug-likeness (QED) is 0.824. The van der Waals surface area contributed by atoms with Crippen LogP contribution in [0.4, 0.5) is 5.69 Å². The Morgan fingerprint density at radius 3 is 2.68 bits per heavy atom. The molecular weight excluding hydrogens is 246 g/mol. The fourth-order valence-corrected chi connectivity index (χ4v) is 1.65. The molecule has 19 heavy (non-hydrogen) atoms. The van der Waals surface area contributed by atoms with E-state index in [0.29, 0.717) is 0 Å². The van der Waals surface area contributed by atoms with Crippen LogP contribution in [-0.2, 0) is 20.7 Å². The third kappa shape index (κ3) is 4.37. The predicted octanol–water partition coefficient (Wildman–Crippen LogP) is 1.99. The lowest BCUT2D eigenvalue weighted by Crippen LogP contribution is -2.27. The fraction of sp³-hybridized carbons (Fsp3) is 0.429. The van der Waals surface area contributed by atoms with Gasteiger partial charge in [0.05, 0.1) is 0 Å². The van der Waals surface area contributed by atoms with Crippen LogP contribution in [0.1, 0.15) is 25.0 Å². The number of benzene rings is 1. The van der Waals surface area contributed by atoms with Crippen molar-refractivity contribution >= 4 is 17.6 Å². The monoisotopic (exact) mass is 265 g/mol. The molecule has 2 N–H and O–H groups in total. The Morgan fingerprint density at radius 2 is 2.11 bits per heavy atom. The highest BCUT2D eigenvalue weighted by molar-refractivity contribution is 5.93. The van der Waals surface area contributed by atoms with Gasteiger partial charge in [-0.2, -0.15) is 0 Å². The number of carbonyl (C=O) groups is 2. The minimum Gasteiger partial charge on any atom is -0.479 e. The summed E-state index contributed by atoms with van der Waals surface area (Å²) >= 11 is 0. The number of rotatable bonds is 6. The maximum absolute atomic E-state index is 11.7. The van der Waals surface area contributed by atoms with Crippen molar-refractivity contribution in [2.75, 3.05) is 11.9 Å². The Kier molecular flexibility index (Phi) is 5.51. The standard InChI is InChI=1S/C14H19NO4/c1-4-11-7-5-6-9(2)13(11)15-12(16)8-19-10(3)14(17)18/h5-7,10H,4,8H2,1-3H3,(H,15,16)(H,17,18)/t10-/m0/s1. The lowest BCUT2D eigenvalue weighted by molar-refractivity contribution is -0.150. The van der Waals surface area contributed by atoms with Crippen LogP contribution in [0.2, 0.25) is 0 Å². The molecule has 0 heterocycles. The van der Waals surface area contributed by atoms with Gasteiger partial charge in [-0.1, -0.05) is 25.1 Å². The van der Waals surface area contributed by atoms with Crippen LogP contribution >= 0.6 is 0 Å². The second kappa shape index (κ2) is 6.89. The van der Waals surface area contributed by atoms with E-state index in [2.05, 4.69) is 5.32 Å². The van der Waals surface area contributed by atoms with Gasteiger partial charge >= 0.3 is 5.97 Å². The molecule has 1 amide bonds. The van der Waals surface area contributed by atoms with E-state index in [0.717, 1.165) is 23.2 Å². The van der Waals surface area contributed by atoms with Gasteiger partial charge in [0.15, 0.2) is 6.10 Å². The second-order valence-corrected chi connectivity index (χ2v) is 4.30. The highest BCUT2D eigenvalue weighted by atomic mass is 16.5. The largest absolute Gasteiger partial charge is 0.479 e. The topological polar surface area (TPSA) is 75.6 Å². The van der Waals surface area contributed by atoms with Crippen LogP contribution in [0, 0.1) is 6.92 Å². The smallest absolute Gasteiger partial charge is 0.332 e. The Balaban J connectivity index is 2.65. The molecule has 0 saturated carbocycles. The summed E-state index contributed by atoms with van der Waals surface area (Å²) in [6.07, 6.45) is -0.183. The van der Waals surface area contributed by atoms with Gasteiger partial charge in [0.25, 0.3) is 0 Å². The number of hydrogen-bond donors (Lipinski definition) is 2. The van der Waals surface area contributed by atoms with Crippen molar-refractivity contribution in [1.29, 1.82) is 0 Å². The number of aryl methyl sites for hydroxylation is 2. The minimum absolute atomic E-state index is 0.273. The van der Waals surface area contributed by atoms with Gasteiger partial charge in [-0.05, 0) is 31.4 Å². The number of amides is 1. The van der Waals surface area contributed by atoms with Gasteiger partial charge in [0.2, 0.25) is 5.91 Å². The number of nitrogens with one attached hydrogen (secondary N) is 1. The van der Waals surface area contributed by atoms with Crippen molar-refractivity contribution in [1.82, 2.24) is 0 Å². The van der Waals surface area contributed by atoms with Crippen molar-refractivity contribution < 1.29 is 19.4 Å². The number of ether oxygens (including phenoxy) is 1. The molecule has 0 spiro atoms. The van der Waals surface area contributed by atoms with Crippen molar-refractivity contribution in [2.45, 2.75) is 33.3 Å². The van der Waals surface area contributed by atoms with E-state index in [4.69, 9.17) is 9.84 Å². The zero-order chi connectivity index (χ0) is 14.4. The van der Waals surface area contributed by atoms with Crippen molar-refractivity contribution in [2.24, 2.45) is 0 Å². The second-order valence-electron chi connectivity index (χ2n) is 4.30. The maximum Gasteiger partial charge on any atom is 0.332 e. The maximum atomic E-state index is 11.7. The fourth-order valence-electron chi connectivity index (χ4n) is 1.65. The molecule has 0 aliphatic rings. The minimum atomic E-state index is -1.09. The third-order valence-corrected chi connectivity index (χ3v) is 2.82. The molecule has 1 aromatic rings. The lowest BCUT2D eigenvalue weighted by atomic mass is 10.1. The van der Waals surface area contributed by atoms with E-state index >= 15 is 0 Å². The van der Waals surface area contributed by atoms with Crippen LogP contribution in [0.3, 0.4) is 0 Å². The number of aliphatic carboxylic acids is 1. The molecule has 0 saturated heterocycles. The summed E-state index contributed by atoms with van der Waals surface area (Å²) in [6.45, 7) is 5.04. The zero-order valence-corrected chi connectivity index (χ0v) is 11.4. The van der Waals surface area contributed by atoms with E-state index in [-0.39, 0.29) is 12.5 Å². The van der Waals surface area contributed by atoms with Crippen LogP contribution in [0.5, 0.6) is 0 Å². The highest BCUT2D eigenvalue weighted by Gasteiger charge is 2.14. The van der Waals surface area contributed by atoms with E-state index < -0.39 is 12.1 Å². The number of para-hydroxylation sites is 1. The number of anilines is 1. The summed E-state index contributed by atoms with van der Waals surface area (Å²) in [6, 6.07) is 5.80. The first-order chi connectivity index (χ1) is 8.95.